The van der Waals surface area contributed by atoms with Crippen LogP contribution >= 0.6 is 0 Å². The van der Waals surface area contributed by atoms with Crippen molar-refractivity contribution in [1.82, 2.24) is 14.9 Å². The monoisotopic (exact) mass is 324 g/mol. The maximum Gasteiger partial charge on any atom is 0.272 e. The molecule has 1 saturated heterocycles. The minimum atomic E-state index is 0.00309. The van der Waals surface area contributed by atoms with Gasteiger partial charge in [-0.3, -0.25) is 4.79 Å². The van der Waals surface area contributed by atoms with Crippen molar-refractivity contribution in [3.05, 3.63) is 46.9 Å². The fraction of sp³-hybridized carbons (Fsp3) is 0.421. The summed E-state index contributed by atoms with van der Waals surface area (Å²) in [6.07, 6.45) is 3.35. The summed E-state index contributed by atoms with van der Waals surface area (Å²) >= 11 is 0. The van der Waals surface area contributed by atoms with E-state index in [1.165, 1.54) is 17.5 Å². The van der Waals surface area contributed by atoms with Crippen LogP contribution in [-0.4, -0.2) is 33.9 Å². The van der Waals surface area contributed by atoms with Gasteiger partial charge in [0.15, 0.2) is 0 Å². The summed E-state index contributed by atoms with van der Waals surface area (Å²) in [5.41, 5.74) is 3.90. The molecule has 1 N–H and O–H groups in total. The number of carbonyl (C=O) groups excluding carboxylic acids is 1. The number of nitrogens with zero attached hydrogens (tertiary/aromatic N) is 3. The molecule has 0 bridgehead atoms. The quantitative estimate of drug-likeness (QED) is 0.933. The molecule has 0 saturated carbocycles. The lowest BCUT2D eigenvalue weighted by molar-refractivity contribution is 0.0718. The van der Waals surface area contributed by atoms with E-state index in [1.807, 2.05) is 17.9 Å². The van der Waals surface area contributed by atoms with E-state index in [1.54, 1.807) is 6.07 Å². The van der Waals surface area contributed by atoms with Gasteiger partial charge in [0, 0.05) is 24.8 Å². The fourth-order valence-corrected chi connectivity index (χ4v) is 2.97. The van der Waals surface area contributed by atoms with Crippen LogP contribution in [0.25, 0.3) is 0 Å². The van der Waals surface area contributed by atoms with Gasteiger partial charge in [-0.1, -0.05) is 6.07 Å². The Balaban J connectivity index is 1.82. The fourth-order valence-electron chi connectivity index (χ4n) is 2.97. The number of nitrogens with one attached hydrogen (secondary N) is 1. The standard InChI is InChI=1S/C19H24N4O/c1-13-7-8-16(11-14(13)2)22-18-12-17(20-15(3)21-18)19(24)23-9-5-4-6-10-23/h7-8,11-12H,4-6,9-10H2,1-3H3,(H,20,21,22). The van der Waals surface area contributed by atoms with E-state index in [-0.39, 0.29) is 5.91 Å². The minimum Gasteiger partial charge on any atom is -0.340 e. The van der Waals surface area contributed by atoms with Gasteiger partial charge in [-0.25, -0.2) is 9.97 Å². The molecule has 5 nitrogen and oxygen atoms in total. The number of aryl methyl sites for hydroxylation is 3. The average Bonchev–Trinajstić information content (AvgIpc) is 2.58. The van der Waals surface area contributed by atoms with Gasteiger partial charge < -0.3 is 10.2 Å². The molecule has 24 heavy (non-hydrogen) atoms. The summed E-state index contributed by atoms with van der Waals surface area (Å²) in [5, 5.41) is 3.29. The van der Waals surface area contributed by atoms with E-state index in [0.717, 1.165) is 31.6 Å². The van der Waals surface area contributed by atoms with Gasteiger partial charge in [0.2, 0.25) is 0 Å². The molecule has 0 aliphatic carbocycles. The largest absolute Gasteiger partial charge is 0.340 e. The summed E-state index contributed by atoms with van der Waals surface area (Å²) in [6, 6.07) is 7.93. The van der Waals surface area contributed by atoms with Crippen LogP contribution in [0.4, 0.5) is 11.5 Å². The van der Waals surface area contributed by atoms with Gasteiger partial charge in [-0.2, -0.15) is 0 Å². The number of anilines is 2. The SMILES string of the molecule is Cc1nc(Nc2ccc(C)c(C)c2)cc(C(=O)N2CCCCC2)n1. The first-order chi connectivity index (χ1) is 11.5. The summed E-state index contributed by atoms with van der Waals surface area (Å²) in [6.45, 7) is 7.63. The third-order valence-corrected chi connectivity index (χ3v) is 4.48. The van der Waals surface area contributed by atoms with Gasteiger partial charge in [0.05, 0.1) is 0 Å². The lowest BCUT2D eigenvalue weighted by Crippen LogP contribution is -2.36. The second-order valence-corrected chi connectivity index (χ2v) is 6.46. The zero-order valence-electron chi connectivity index (χ0n) is 14.6. The highest BCUT2D eigenvalue weighted by Crippen LogP contribution is 2.20. The van der Waals surface area contributed by atoms with Gasteiger partial charge in [-0.05, 0) is 63.3 Å². The van der Waals surface area contributed by atoms with Crippen LogP contribution < -0.4 is 5.32 Å². The highest BCUT2D eigenvalue weighted by molar-refractivity contribution is 5.93. The van der Waals surface area contributed by atoms with Crippen LogP contribution in [0, 0.1) is 20.8 Å². The second kappa shape index (κ2) is 6.99. The summed E-state index contributed by atoms with van der Waals surface area (Å²) < 4.78 is 0. The Morgan fingerprint density at radius 1 is 1.00 bits per heavy atom. The number of carbonyl (C=O) groups is 1. The molecular formula is C19H24N4O. The molecule has 2 aromatic rings. The summed E-state index contributed by atoms with van der Waals surface area (Å²) in [5.74, 6) is 1.26. The molecule has 0 radical (unpaired) electrons. The maximum atomic E-state index is 12.7. The van der Waals surface area contributed by atoms with Crippen molar-refractivity contribution >= 4 is 17.4 Å². The molecule has 3 rings (SSSR count). The van der Waals surface area contributed by atoms with E-state index in [4.69, 9.17) is 0 Å². The number of hydrogen-bond acceptors (Lipinski definition) is 4. The van der Waals surface area contributed by atoms with Crippen LogP contribution in [0.15, 0.2) is 24.3 Å². The number of likely N-dealkylation sites (tertiary alicyclic amines) is 1. The number of rotatable bonds is 3. The molecule has 1 aliphatic rings. The first-order valence-corrected chi connectivity index (χ1v) is 8.52. The molecular weight excluding hydrogens is 300 g/mol. The van der Waals surface area contributed by atoms with Crippen molar-refractivity contribution in [2.24, 2.45) is 0 Å². The molecule has 1 aromatic heterocycles. The van der Waals surface area contributed by atoms with E-state index in [2.05, 4.69) is 41.3 Å². The number of benzene rings is 1. The Labute approximate surface area is 143 Å². The highest BCUT2D eigenvalue weighted by Gasteiger charge is 2.20. The molecule has 0 unspecified atom stereocenters. The van der Waals surface area contributed by atoms with Gasteiger partial charge in [0.25, 0.3) is 5.91 Å². The van der Waals surface area contributed by atoms with E-state index >= 15 is 0 Å². The van der Waals surface area contributed by atoms with Gasteiger partial charge >= 0.3 is 0 Å². The molecule has 126 valence electrons. The zero-order valence-corrected chi connectivity index (χ0v) is 14.6. The van der Waals surface area contributed by atoms with E-state index < -0.39 is 0 Å². The van der Waals surface area contributed by atoms with Gasteiger partial charge in [0.1, 0.15) is 17.3 Å². The van der Waals surface area contributed by atoms with Crippen molar-refractivity contribution < 1.29 is 4.79 Å². The molecule has 2 heterocycles. The predicted molar refractivity (Wildman–Crippen MR) is 95.7 cm³/mol. The Kier molecular flexibility index (Phi) is 4.79. The van der Waals surface area contributed by atoms with Crippen LogP contribution in [-0.2, 0) is 0 Å². The normalized spacial score (nSPS) is 14.5. The van der Waals surface area contributed by atoms with Crippen LogP contribution in [0.1, 0.15) is 46.7 Å². The van der Waals surface area contributed by atoms with Crippen molar-refractivity contribution in [2.75, 3.05) is 18.4 Å². The second-order valence-electron chi connectivity index (χ2n) is 6.46. The molecule has 1 amide bonds. The van der Waals surface area contributed by atoms with Crippen LogP contribution in [0.2, 0.25) is 0 Å². The molecule has 1 aliphatic heterocycles. The van der Waals surface area contributed by atoms with Gasteiger partial charge in [-0.15, -0.1) is 0 Å². The molecule has 5 heteroatoms. The third-order valence-electron chi connectivity index (χ3n) is 4.48. The van der Waals surface area contributed by atoms with Crippen molar-refractivity contribution in [1.29, 1.82) is 0 Å². The Morgan fingerprint density at radius 2 is 1.75 bits per heavy atom. The summed E-state index contributed by atoms with van der Waals surface area (Å²) in [7, 11) is 0. The Hall–Kier alpha value is -2.43. The first-order valence-electron chi connectivity index (χ1n) is 8.52. The highest BCUT2D eigenvalue weighted by atomic mass is 16.2. The van der Waals surface area contributed by atoms with Crippen molar-refractivity contribution in [3.63, 3.8) is 0 Å². The van der Waals surface area contributed by atoms with Crippen LogP contribution in [0.3, 0.4) is 0 Å². The third kappa shape index (κ3) is 3.72. The van der Waals surface area contributed by atoms with Crippen molar-refractivity contribution in [2.45, 2.75) is 40.0 Å². The number of hydrogen-bond donors (Lipinski definition) is 1. The van der Waals surface area contributed by atoms with Crippen LogP contribution in [0.5, 0.6) is 0 Å². The Morgan fingerprint density at radius 3 is 2.46 bits per heavy atom. The molecule has 0 atom stereocenters. The maximum absolute atomic E-state index is 12.7. The summed E-state index contributed by atoms with van der Waals surface area (Å²) in [4.78, 5) is 23.3. The number of amides is 1. The first kappa shape index (κ1) is 16.4. The number of piperidine rings is 1. The topological polar surface area (TPSA) is 58.1 Å². The van der Waals surface area contributed by atoms with E-state index in [0.29, 0.717) is 17.3 Å². The molecule has 0 spiro atoms. The number of aromatic nitrogens is 2. The van der Waals surface area contributed by atoms with E-state index in [9.17, 15) is 4.79 Å². The Bertz CT molecular complexity index is 751. The minimum absolute atomic E-state index is 0.00309. The lowest BCUT2D eigenvalue weighted by atomic mass is 10.1. The smallest absolute Gasteiger partial charge is 0.272 e. The zero-order chi connectivity index (χ0) is 17.1. The molecule has 1 fully saturated rings. The van der Waals surface area contributed by atoms with Crippen molar-refractivity contribution in [3.8, 4) is 0 Å². The average molecular weight is 324 g/mol. The lowest BCUT2D eigenvalue weighted by Gasteiger charge is -2.26. The predicted octanol–water partition coefficient (Wildman–Crippen LogP) is 3.77. The molecule has 1 aromatic carbocycles.